The quantitative estimate of drug-likeness (QED) is 0.437. The number of halogens is 6. The van der Waals surface area contributed by atoms with Crippen LogP contribution in [0.5, 0.6) is 0 Å². The molecule has 0 saturated heterocycles. The van der Waals surface area contributed by atoms with Gasteiger partial charge in [0.05, 0.1) is 22.3 Å². The second-order valence-corrected chi connectivity index (χ2v) is 8.11. The highest BCUT2D eigenvalue weighted by Gasteiger charge is 2.37. The van der Waals surface area contributed by atoms with Gasteiger partial charge < -0.3 is 10.6 Å². The van der Waals surface area contributed by atoms with Gasteiger partial charge in [-0.25, -0.2) is 14.1 Å². The molecule has 180 valence electrons. The summed E-state index contributed by atoms with van der Waals surface area (Å²) >= 11 is 12.1. The first-order valence-electron chi connectivity index (χ1n) is 9.68. The number of hydrogen-bond donors (Lipinski definition) is 2. The molecule has 0 radical (unpaired) electrons. The SMILES string of the molecule is Cc1cc(Cl)cc(C(=O)NC(C)CF)c1NC(=O)c1cc(C(F)(F)F)nn1-c1ncccc1Cl. The van der Waals surface area contributed by atoms with Crippen LogP contribution in [0.3, 0.4) is 0 Å². The smallest absolute Gasteiger partial charge is 0.347 e. The van der Waals surface area contributed by atoms with Crippen molar-refractivity contribution >= 4 is 40.7 Å². The van der Waals surface area contributed by atoms with Gasteiger partial charge in [0.25, 0.3) is 11.8 Å². The van der Waals surface area contributed by atoms with Crippen LogP contribution in [0.4, 0.5) is 23.2 Å². The molecule has 0 fully saturated rings. The molecule has 0 bridgehead atoms. The van der Waals surface area contributed by atoms with Crippen molar-refractivity contribution < 1.29 is 27.2 Å². The number of rotatable bonds is 6. The van der Waals surface area contributed by atoms with Crippen LogP contribution in [-0.4, -0.2) is 39.3 Å². The van der Waals surface area contributed by atoms with Gasteiger partial charge in [0.15, 0.2) is 11.5 Å². The van der Waals surface area contributed by atoms with Gasteiger partial charge in [0, 0.05) is 17.3 Å². The summed E-state index contributed by atoms with van der Waals surface area (Å²) in [5.41, 5.74) is -1.66. The van der Waals surface area contributed by atoms with Crippen LogP contribution >= 0.6 is 23.2 Å². The third-order valence-electron chi connectivity index (χ3n) is 4.56. The molecule has 0 aliphatic carbocycles. The van der Waals surface area contributed by atoms with Crippen molar-refractivity contribution in [2.75, 3.05) is 12.0 Å². The van der Waals surface area contributed by atoms with E-state index in [1.807, 2.05) is 0 Å². The normalized spacial score (nSPS) is 12.4. The van der Waals surface area contributed by atoms with Crippen molar-refractivity contribution in [1.82, 2.24) is 20.1 Å². The summed E-state index contributed by atoms with van der Waals surface area (Å²) in [6.07, 6.45) is -3.58. The van der Waals surface area contributed by atoms with Crippen molar-refractivity contribution in [3.63, 3.8) is 0 Å². The minimum atomic E-state index is -4.86. The predicted molar refractivity (Wildman–Crippen MR) is 118 cm³/mol. The number of carbonyl (C=O) groups is 2. The maximum atomic E-state index is 13.4. The number of benzene rings is 1. The van der Waals surface area contributed by atoms with E-state index in [0.717, 1.165) is 0 Å². The topological polar surface area (TPSA) is 88.9 Å². The molecular formula is C21H17Cl2F4N5O2. The Morgan fingerprint density at radius 1 is 1.18 bits per heavy atom. The highest BCUT2D eigenvalue weighted by atomic mass is 35.5. The van der Waals surface area contributed by atoms with Crippen molar-refractivity contribution in [2.24, 2.45) is 0 Å². The Kier molecular flexibility index (Phi) is 7.47. The Bertz CT molecular complexity index is 1250. The number of anilines is 1. The summed E-state index contributed by atoms with van der Waals surface area (Å²) in [7, 11) is 0. The largest absolute Gasteiger partial charge is 0.435 e. The van der Waals surface area contributed by atoms with Crippen molar-refractivity contribution in [2.45, 2.75) is 26.1 Å². The summed E-state index contributed by atoms with van der Waals surface area (Å²) in [6.45, 7) is 2.13. The first-order chi connectivity index (χ1) is 15.9. The number of hydrogen-bond acceptors (Lipinski definition) is 4. The highest BCUT2D eigenvalue weighted by Crippen LogP contribution is 2.31. The summed E-state index contributed by atoms with van der Waals surface area (Å²) in [6, 6.07) is 5.24. The zero-order chi connectivity index (χ0) is 25.2. The number of aryl methyl sites for hydroxylation is 1. The molecule has 34 heavy (non-hydrogen) atoms. The summed E-state index contributed by atoms with van der Waals surface area (Å²) < 4.78 is 53.6. The number of pyridine rings is 1. The lowest BCUT2D eigenvalue weighted by molar-refractivity contribution is -0.141. The molecule has 3 rings (SSSR count). The van der Waals surface area contributed by atoms with Crippen molar-refractivity contribution in [3.8, 4) is 5.82 Å². The van der Waals surface area contributed by atoms with Crippen LogP contribution in [0, 0.1) is 6.92 Å². The van der Waals surface area contributed by atoms with Crippen LogP contribution in [0.2, 0.25) is 10.0 Å². The second kappa shape index (κ2) is 9.98. The predicted octanol–water partition coefficient (Wildman–Crippen LogP) is 5.24. The molecule has 1 atom stereocenters. The lowest BCUT2D eigenvalue weighted by Crippen LogP contribution is -2.34. The van der Waals surface area contributed by atoms with Crippen LogP contribution in [0.15, 0.2) is 36.5 Å². The maximum Gasteiger partial charge on any atom is 0.435 e. The summed E-state index contributed by atoms with van der Waals surface area (Å²) in [5.74, 6) is -1.96. The summed E-state index contributed by atoms with van der Waals surface area (Å²) in [4.78, 5) is 29.7. The van der Waals surface area contributed by atoms with Crippen LogP contribution in [0.1, 0.15) is 39.0 Å². The molecule has 3 aromatic rings. The molecule has 7 nitrogen and oxygen atoms in total. The van der Waals surface area contributed by atoms with Crippen LogP contribution in [0.25, 0.3) is 5.82 Å². The minimum Gasteiger partial charge on any atom is -0.347 e. The minimum absolute atomic E-state index is 0.0219. The molecule has 2 N–H and O–H groups in total. The fraction of sp³-hybridized carbons (Fsp3) is 0.238. The van der Waals surface area contributed by atoms with Gasteiger partial charge in [-0.2, -0.15) is 18.3 Å². The van der Waals surface area contributed by atoms with E-state index in [0.29, 0.717) is 16.3 Å². The number of aromatic nitrogens is 3. The molecule has 2 aromatic heterocycles. The lowest BCUT2D eigenvalue weighted by atomic mass is 10.1. The maximum absolute atomic E-state index is 13.4. The van der Waals surface area contributed by atoms with E-state index in [1.165, 1.54) is 44.3 Å². The number of amides is 2. The van der Waals surface area contributed by atoms with Gasteiger partial charge in [0.2, 0.25) is 0 Å². The fourth-order valence-electron chi connectivity index (χ4n) is 2.98. The van der Waals surface area contributed by atoms with Crippen molar-refractivity contribution in [1.29, 1.82) is 0 Å². The molecule has 2 heterocycles. The zero-order valence-electron chi connectivity index (χ0n) is 17.7. The van der Waals surface area contributed by atoms with E-state index in [-0.39, 0.29) is 27.1 Å². The van der Waals surface area contributed by atoms with Gasteiger partial charge >= 0.3 is 6.18 Å². The van der Waals surface area contributed by atoms with E-state index >= 15 is 0 Å². The van der Waals surface area contributed by atoms with Crippen LogP contribution in [-0.2, 0) is 6.18 Å². The summed E-state index contributed by atoms with van der Waals surface area (Å²) in [5, 5.41) is 8.42. The molecule has 2 amide bonds. The Morgan fingerprint density at radius 3 is 2.50 bits per heavy atom. The van der Waals surface area contributed by atoms with E-state index in [2.05, 4.69) is 20.7 Å². The van der Waals surface area contributed by atoms with Gasteiger partial charge in [-0.15, -0.1) is 0 Å². The monoisotopic (exact) mass is 517 g/mol. The second-order valence-electron chi connectivity index (χ2n) is 7.26. The molecule has 13 heteroatoms. The molecule has 1 unspecified atom stereocenters. The molecule has 0 saturated carbocycles. The Morgan fingerprint density at radius 2 is 1.88 bits per heavy atom. The number of nitrogens with one attached hydrogen (secondary N) is 2. The van der Waals surface area contributed by atoms with Gasteiger partial charge in [-0.1, -0.05) is 23.2 Å². The van der Waals surface area contributed by atoms with Crippen LogP contribution < -0.4 is 10.6 Å². The number of alkyl halides is 4. The lowest BCUT2D eigenvalue weighted by Gasteiger charge is -2.17. The molecule has 0 aliphatic heterocycles. The standard InChI is InChI=1S/C21H17Cl2F4N5O2/c1-10-6-12(22)7-13(19(33)29-11(2)9-24)17(10)30-20(34)15-8-16(21(25,26)27)31-32(15)18-14(23)4-3-5-28-18/h3-8,11H,9H2,1-2H3,(H,29,33)(H,30,34). The van der Waals surface area contributed by atoms with E-state index in [9.17, 15) is 27.2 Å². The first kappa shape index (κ1) is 25.4. The Balaban J connectivity index is 2.08. The average Bonchev–Trinajstić information content (AvgIpc) is 3.21. The zero-order valence-corrected chi connectivity index (χ0v) is 19.2. The van der Waals surface area contributed by atoms with Gasteiger partial charge in [-0.3, -0.25) is 9.59 Å². The molecule has 0 aliphatic rings. The van der Waals surface area contributed by atoms with E-state index in [1.54, 1.807) is 0 Å². The van der Waals surface area contributed by atoms with Crippen molar-refractivity contribution in [3.05, 3.63) is 69.1 Å². The Labute approximate surface area is 201 Å². The van der Waals surface area contributed by atoms with E-state index in [4.69, 9.17) is 23.2 Å². The highest BCUT2D eigenvalue weighted by molar-refractivity contribution is 6.32. The third-order valence-corrected chi connectivity index (χ3v) is 5.08. The number of nitrogens with zero attached hydrogens (tertiary/aromatic N) is 3. The van der Waals surface area contributed by atoms with Gasteiger partial charge in [-0.05, 0) is 43.7 Å². The third kappa shape index (κ3) is 5.48. The Hall–Kier alpha value is -3.18. The average molecular weight is 518 g/mol. The van der Waals surface area contributed by atoms with E-state index < -0.39 is 42.1 Å². The fourth-order valence-corrected chi connectivity index (χ4v) is 3.46. The molecular weight excluding hydrogens is 501 g/mol. The molecule has 0 spiro atoms. The molecule has 1 aromatic carbocycles. The van der Waals surface area contributed by atoms with Gasteiger partial charge in [0.1, 0.15) is 12.4 Å². The first-order valence-corrected chi connectivity index (χ1v) is 10.4. The number of carbonyl (C=O) groups excluding carboxylic acids is 2.